The molecule has 1 aromatic heterocycles. The molecule has 0 fully saturated rings. The minimum atomic E-state index is -3.55. The van der Waals surface area contributed by atoms with E-state index in [4.69, 9.17) is 4.74 Å². The molecule has 0 bridgehead atoms. The molecule has 2 aromatic rings. The second-order valence-corrected chi connectivity index (χ2v) is 7.68. The summed E-state index contributed by atoms with van der Waals surface area (Å²) in [6.45, 7) is 2.68. The van der Waals surface area contributed by atoms with Crippen LogP contribution in [0.1, 0.15) is 13.3 Å². The summed E-state index contributed by atoms with van der Waals surface area (Å²) < 4.78 is 33.2. The number of nitrogens with one attached hydrogen (secondary N) is 1. The number of hydrogen-bond donors (Lipinski definition) is 1. The van der Waals surface area contributed by atoms with Crippen LogP contribution in [0.4, 0.5) is 5.69 Å². The van der Waals surface area contributed by atoms with Gasteiger partial charge in [-0.1, -0.05) is 6.92 Å². The lowest BCUT2D eigenvalue weighted by molar-refractivity contribution is 0.317. The van der Waals surface area contributed by atoms with Crippen molar-refractivity contribution in [1.82, 2.24) is 0 Å². The number of sulfonamides is 1. The Morgan fingerprint density at radius 3 is 2.50 bits per heavy atom. The van der Waals surface area contributed by atoms with Crippen molar-refractivity contribution in [2.75, 3.05) is 11.3 Å². The minimum Gasteiger partial charge on any atom is -0.494 e. The highest BCUT2D eigenvalue weighted by molar-refractivity contribution is 9.10. The number of rotatable bonds is 6. The minimum absolute atomic E-state index is 0.267. The van der Waals surface area contributed by atoms with E-state index in [9.17, 15) is 8.42 Å². The molecule has 0 atom stereocenters. The second-order valence-electron chi connectivity index (χ2n) is 4.03. The summed E-state index contributed by atoms with van der Waals surface area (Å²) in [5.41, 5.74) is 0.508. The largest absolute Gasteiger partial charge is 0.494 e. The smallest absolute Gasteiger partial charge is 0.272 e. The Labute approximate surface area is 131 Å². The lowest BCUT2D eigenvalue weighted by Crippen LogP contribution is -2.11. The van der Waals surface area contributed by atoms with E-state index in [0.717, 1.165) is 12.2 Å². The van der Waals surface area contributed by atoms with Gasteiger partial charge in [-0.15, -0.1) is 11.3 Å². The van der Waals surface area contributed by atoms with Crippen molar-refractivity contribution in [2.24, 2.45) is 0 Å². The number of hydrogen-bond acceptors (Lipinski definition) is 4. The van der Waals surface area contributed by atoms with Crippen LogP contribution >= 0.6 is 27.3 Å². The lowest BCUT2D eigenvalue weighted by Gasteiger charge is -2.08. The molecule has 0 saturated heterocycles. The highest BCUT2D eigenvalue weighted by Crippen LogP contribution is 2.29. The molecule has 1 heterocycles. The maximum atomic E-state index is 12.2. The first-order valence-corrected chi connectivity index (χ1v) is 9.17. The van der Waals surface area contributed by atoms with E-state index in [1.807, 2.05) is 6.92 Å². The molecule has 7 heteroatoms. The number of halogens is 1. The average Bonchev–Trinajstić information content (AvgIpc) is 2.85. The van der Waals surface area contributed by atoms with E-state index in [1.165, 1.54) is 11.3 Å². The molecule has 0 amide bonds. The molecule has 4 nitrogen and oxygen atoms in total. The summed E-state index contributed by atoms with van der Waals surface area (Å²) in [6.07, 6.45) is 0.931. The zero-order chi connectivity index (χ0) is 14.6. The fourth-order valence-corrected chi connectivity index (χ4v) is 4.91. The summed E-state index contributed by atoms with van der Waals surface area (Å²) >= 11 is 4.39. The van der Waals surface area contributed by atoms with Crippen LogP contribution in [0, 0.1) is 0 Å². The van der Waals surface area contributed by atoms with Crippen LogP contribution in [0.15, 0.2) is 44.4 Å². The lowest BCUT2D eigenvalue weighted by atomic mass is 10.3. The van der Waals surface area contributed by atoms with Crippen LogP contribution < -0.4 is 9.46 Å². The molecule has 1 aromatic carbocycles. The molecule has 20 heavy (non-hydrogen) atoms. The fourth-order valence-electron chi connectivity index (χ4n) is 1.51. The fraction of sp³-hybridized carbons (Fsp3) is 0.231. The Morgan fingerprint density at radius 1 is 1.25 bits per heavy atom. The maximum absolute atomic E-state index is 12.2. The topological polar surface area (TPSA) is 55.4 Å². The van der Waals surface area contributed by atoms with E-state index >= 15 is 0 Å². The third kappa shape index (κ3) is 3.74. The van der Waals surface area contributed by atoms with Crippen LogP contribution in [0.2, 0.25) is 0 Å². The molecular weight excluding hydrogens is 362 g/mol. The summed E-state index contributed by atoms with van der Waals surface area (Å²) in [4.78, 5) is 0. The van der Waals surface area contributed by atoms with Crippen LogP contribution in [-0.4, -0.2) is 15.0 Å². The van der Waals surface area contributed by atoms with Crippen molar-refractivity contribution in [3.8, 4) is 5.75 Å². The van der Waals surface area contributed by atoms with Crippen LogP contribution in [0.25, 0.3) is 0 Å². The van der Waals surface area contributed by atoms with E-state index in [-0.39, 0.29) is 4.21 Å². The van der Waals surface area contributed by atoms with Crippen LogP contribution in [0.5, 0.6) is 5.75 Å². The van der Waals surface area contributed by atoms with E-state index in [0.29, 0.717) is 16.8 Å². The second kappa shape index (κ2) is 6.60. The van der Waals surface area contributed by atoms with E-state index < -0.39 is 10.0 Å². The third-order valence-electron chi connectivity index (χ3n) is 2.41. The molecule has 2 rings (SSSR count). The quantitative estimate of drug-likeness (QED) is 0.826. The van der Waals surface area contributed by atoms with Gasteiger partial charge < -0.3 is 4.74 Å². The molecule has 0 saturated carbocycles. The molecule has 1 N–H and O–H groups in total. The molecule has 0 aliphatic heterocycles. The van der Waals surface area contributed by atoms with Crippen molar-refractivity contribution in [2.45, 2.75) is 17.6 Å². The highest BCUT2D eigenvalue weighted by Gasteiger charge is 2.19. The summed E-state index contributed by atoms with van der Waals surface area (Å²) in [6, 6.07) is 8.57. The van der Waals surface area contributed by atoms with Gasteiger partial charge in [0.1, 0.15) is 5.75 Å². The van der Waals surface area contributed by atoms with Gasteiger partial charge in [-0.3, -0.25) is 4.72 Å². The van der Waals surface area contributed by atoms with Crippen molar-refractivity contribution in [3.05, 3.63) is 40.2 Å². The molecule has 0 radical (unpaired) electrons. The van der Waals surface area contributed by atoms with Gasteiger partial charge in [0.2, 0.25) is 0 Å². The zero-order valence-corrected chi connectivity index (χ0v) is 14.0. The molecule has 0 unspecified atom stereocenters. The van der Waals surface area contributed by atoms with Gasteiger partial charge in [0.15, 0.2) is 4.21 Å². The van der Waals surface area contributed by atoms with Gasteiger partial charge in [-0.2, -0.15) is 0 Å². The molecule has 0 spiro atoms. The van der Waals surface area contributed by atoms with Gasteiger partial charge in [-0.05, 0) is 58.1 Å². The third-order valence-corrected chi connectivity index (χ3v) is 6.46. The Morgan fingerprint density at radius 2 is 1.95 bits per heavy atom. The van der Waals surface area contributed by atoms with Gasteiger partial charge in [-0.25, -0.2) is 8.42 Å². The number of anilines is 1. The first-order chi connectivity index (χ1) is 9.53. The first kappa shape index (κ1) is 15.3. The predicted molar refractivity (Wildman–Crippen MR) is 85.1 cm³/mol. The highest BCUT2D eigenvalue weighted by atomic mass is 79.9. The van der Waals surface area contributed by atoms with Crippen molar-refractivity contribution in [1.29, 1.82) is 0 Å². The molecule has 108 valence electrons. The Kier molecular flexibility index (Phi) is 5.06. The molecule has 0 aliphatic rings. The maximum Gasteiger partial charge on any atom is 0.272 e. The van der Waals surface area contributed by atoms with Gasteiger partial charge in [0.25, 0.3) is 10.0 Å². The average molecular weight is 376 g/mol. The first-order valence-electron chi connectivity index (χ1n) is 6.01. The monoisotopic (exact) mass is 375 g/mol. The van der Waals surface area contributed by atoms with Crippen molar-refractivity contribution < 1.29 is 13.2 Å². The summed E-state index contributed by atoms with van der Waals surface area (Å²) in [7, 11) is -3.55. The summed E-state index contributed by atoms with van der Waals surface area (Å²) in [5, 5.41) is 1.72. The van der Waals surface area contributed by atoms with Gasteiger partial charge >= 0.3 is 0 Å². The molecular formula is C13H14BrNO3S2. The van der Waals surface area contributed by atoms with Gasteiger partial charge in [0, 0.05) is 10.2 Å². The number of ether oxygens (including phenoxy) is 1. The number of benzene rings is 1. The Hall–Kier alpha value is -1.05. The zero-order valence-electron chi connectivity index (χ0n) is 10.8. The van der Waals surface area contributed by atoms with E-state index in [2.05, 4.69) is 20.7 Å². The van der Waals surface area contributed by atoms with E-state index in [1.54, 1.807) is 35.7 Å². The Bertz CT molecular complexity index is 665. The SMILES string of the molecule is CCCOc1ccc(NS(=O)(=O)c2sccc2Br)cc1. The molecule has 0 aliphatic carbocycles. The standard InChI is InChI=1S/C13H14BrNO3S2/c1-2-8-18-11-5-3-10(4-6-11)15-20(16,17)13-12(14)7-9-19-13/h3-7,9,15H,2,8H2,1H3. The normalized spacial score (nSPS) is 11.3. The Balaban J connectivity index is 2.12. The number of thiophene rings is 1. The van der Waals surface area contributed by atoms with Crippen molar-refractivity contribution in [3.63, 3.8) is 0 Å². The predicted octanol–water partition coefficient (Wildman–Crippen LogP) is 4.10. The van der Waals surface area contributed by atoms with Crippen molar-refractivity contribution >= 4 is 43.0 Å². The van der Waals surface area contributed by atoms with Crippen LogP contribution in [0.3, 0.4) is 0 Å². The van der Waals surface area contributed by atoms with Crippen LogP contribution in [-0.2, 0) is 10.0 Å². The summed E-state index contributed by atoms with van der Waals surface area (Å²) in [5.74, 6) is 0.729. The van der Waals surface area contributed by atoms with Gasteiger partial charge in [0.05, 0.1) is 6.61 Å².